The maximum Gasteiger partial charge on any atom is 0.249 e. The SMILES string of the molecule is Cl[C@@H](c1ccccc1)c1nc(-c2ccccc2)no1. The average molecular weight is 271 g/mol. The molecule has 4 heteroatoms. The van der Waals surface area contributed by atoms with Crippen LogP contribution in [0.5, 0.6) is 0 Å². The zero-order valence-corrected chi connectivity index (χ0v) is 10.8. The third-order valence-electron chi connectivity index (χ3n) is 2.78. The van der Waals surface area contributed by atoms with E-state index in [9.17, 15) is 0 Å². The fraction of sp³-hybridized carbons (Fsp3) is 0.0667. The molecule has 0 unspecified atom stereocenters. The van der Waals surface area contributed by atoms with Gasteiger partial charge in [0.05, 0.1) is 0 Å². The molecule has 0 N–H and O–H groups in total. The summed E-state index contributed by atoms with van der Waals surface area (Å²) in [7, 11) is 0. The average Bonchev–Trinajstić information content (AvgIpc) is 2.98. The van der Waals surface area contributed by atoms with E-state index in [1.807, 2.05) is 60.7 Å². The summed E-state index contributed by atoms with van der Waals surface area (Å²) >= 11 is 6.34. The number of alkyl halides is 1. The Hall–Kier alpha value is -2.13. The van der Waals surface area contributed by atoms with Crippen molar-refractivity contribution in [1.29, 1.82) is 0 Å². The maximum absolute atomic E-state index is 6.34. The highest BCUT2D eigenvalue weighted by atomic mass is 35.5. The standard InChI is InChI=1S/C15H11ClN2O/c16-13(11-7-3-1-4-8-11)15-17-14(18-19-15)12-9-5-2-6-10-12/h1-10,13H/t13-/m0/s1. The first-order valence-corrected chi connectivity index (χ1v) is 6.36. The van der Waals surface area contributed by atoms with Gasteiger partial charge in [-0.3, -0.25) is 0 Å². The van der Waals surface area contributed by atoms with Gasteiger partial charge in [-0.25, -0.2) is 0 Å². The van der Waals surface area contributed by atoms with Crippen molar-refractivity contribution in [2.24, 2.45) is 0 Å². The lowest BCUT2D eigenvalue weighted by atomic mass is 10.1. The third-order valence-corrected chi connectivity index (χ3v) is 3.22. The lowest BCUT2D eigenvalue weighted by Gasteiger charge is -2.03. The van der Waals surface area contributed by atoms with Crippen LogP contribution < -0.4 is 0 Å². The highest BCUT2D eigenvalue weighted by Gasteiger charge is 2.18. The zero-order valence-electron chi connectivity index (χ0n) is 10.0. The van der Waals surface area contributed by atoms with Crippen LogP contribution in [0, 0.1) is 0 Å². The van der Waals surface area contributed by atoms with Crippen molar-refractivity contribution >= 4 is 11.6 Å². The van der Waals surface area contributed by atoms with Crippen LogP contribution in [0.15, 0.2) is 65.2 Å². The summed E-state index contributed by atoms with van der Waals surface area (Å²) in [4.78, 5) is 4.35. The number of halogens is 1. The van der Waals surface area contributed by atoms with Crippen LogP contribution in [-0.4, -0.2) is 10.1 Å². The summed E-state index contributed by atoms with van der Waals surface area (Å²) in [6.45, 7) is 0. The van der Waals surface area contributed by atoms with Crippen LogP contribution in [-0.2, 0) is 0 Å². The van der Waals surface area contributed by atoms with Crippen LogP contribution in [0.3, 0.4) is 0 Å². The number of hydrogen-bond donors (Lipinski definition) is 0. The predicted octanol–water partition coefficient (Wildman–Crippen LogP) is 4.06. The molecule has 3 aromatic rings. The normalized spacial score (nSPS) is 12.3. The Bertz CT molecular complexity index is 652. The first kappa shape index (κ1) is 11.9. The van der Waals surface area contributed by atoms with E-state index in [-0.39, 0.29) is 0 Å². The summed E-state index contributed by atoms with van der Waals surface area (Å²) in [5.41, 5.74) is 1.85. The second kappa shape index (κ2) is 5.24. The summed E-state index contributed by atoms with van der Waals surface area (Å²) in [5.74, 6) is 0.962. The van der Waals surface area contributed by atoms with Crippen LogP contribution >= 0.6 is 11.6 Å². The van der Waals surface area contributed by atoms with Gasteiger partial charge >= 0.3 is 0 Å². The maximum atomic E-state index is 6.34. The molecule has 0 saturated carbocycles. The lowest BCUT2D eigenvalue weighted by molar-refractivity contribution is 0.383. The summed E-state index contributed by atoms with van der Waals surface area (Å²) in [6, 6.07) is 19.3. The topological polar surface area (TPSA) is 38.9 Å². The second-order valence-corrected chi connectivity index (χ2v) is 4.53. The van der Waals surface area contributed by atoms with E-state index in [1.54, 1.807) is 0 Å². The molecule has 1 atom stereocenters. The van der Waals surface area contributed by atoms with Gasteiger partial charge in [0.25, 0.3) is 0 Å². The second-order valence-electron chi connectivity index (χ2n) is 4.10. The van der Waals surface area contributed by atoms with Crippen LogP contribution in [0.1, 0.15) is 16.8 Å². The van der Waals surface area contributed by atoms with Crippen molar-refractivity contribution in [3.05, 3.63) is 72.1 Å². The van der Waals surface area contributed by atoms with E-state index >= 15 is 0 Å². The summed E-state index contributed by atoms with van der Waals surface area (Å²) < 4.78 is 5.24. The molecule has 0 bridgehead atoms. The number of aromatic nitrogens is 2. The van der Waals surface area contributed by atoms with Gasteiger partial charge in [-0.15, -0.1) is 11.6 Å². The van der Waals surface area contributed by atoms with Gasteiger partial charge in [-0.05, 0) is 5.56 Å². The Labute approximate surface area is 115 Å². The fourth-order valence-corrected chi connectivity index (χ4v) is 2.04. The molecule has 1 aromatic heterocycles. The van der Waals surface area contributed by atoms with E-state index in [1.165, 1.54) is 0 Å². The minimum atomic E-state index is -0.425. The summed E-state index contributed by atoms with van der Waals surface area (Å²) in [6.07, 6.45) is 0. The zero-order chi connectivity index (χ0) is 13.1. The molecule has 0 spiro atoms. The Morgan fingerprint density at radius 1 is 0.895 bits per heavy atom. The minimum Gasteiger partial charge on any atom is -0.337 e. The highest BCUT2D eigenvalue weighted by Crippen LogP contribution is 2.28. The predicted molar refractivity (Wildman–Crippen MR) is 73.9 cm³/mol. The number of nitrogens with zero attached hydrogens (tertiary/aromatic N) is 2. The smallest absolute Gasteiger partial charge is 0.249 e. The molecule has 94 valence electrons. The van der Waals surface area contributed by atoms with E-state index < -0.39 is 5.38 Å². The van der Waals surface area contributed by atoms with E-state index in [4.69, 9.17) is 16.1 Å². The van der Waals surface area contributed by atoms with Crippen molar-refractivity contribution in [2.75, 3.05) is 0 Å². The van der Waals surface area contributed by atoms with E-state index in [0.717, 1.165) is 11.1 Å². The van der Waals surface area contributed by atoms with E-state index in [2.05, 4.69) is 10.1 Å². The monoisotopic (exact) mass is 270 g/mol. The molecule has 0 aliphatic carbocycles. The largest absolute Gasteiger partial charge is 0.337 e. The lowest BCUT2D eigenvalue weighted by Crippen LogP contribution is -1.93. The van der Waals surface area contributed by atoms with Gasteiger partial charge in [-0.2, -0.15) is 4.98 Å². The van der Waals surface area contributed by atoms with Gasteiger partial charge in [0.15, 0.2) is 0 Å². The van der Waals surface area contributed by atoms with Gasteiger partial charge in [0, 0.05) is 5.56 Å². The van der Waals surface area contributed by atoms with Crippen molar-refractivity contribution in [2.45, 2.75) is 5.38 Å². The molecule has 3 nitrogen and oxygen atoms in total. The molecule has 0 amide bonds. The van der Waals surface area contributed by atoms with Crippen molar-refractivity contribution < 1.29 is 4.52 Å². The minimum absolute atomic E-state index is 0.409. The Morgan fingerprint density at radius 3 is 2.21 bits per heavy atom. The van der Waals surface area contributed by atoms with Gasteiger partial charge < -0.3 is 4.52 Å². The number of rotatable bonds is 3. The summed E-state index contributed by atoms with van der Waals surface area (Å²) in [5, 5.41) is 3.54. The first-order chi connectivity index (χ1) is 9.34. The molecular formula is C15H11ClN2O. The molecule has 0 aliphatic heterocycles. The molecule has 2 aromatic carbocycles. The van der Waals surface area contributed by atoms with Gasteiger partial charge in [0.1, 0.15) is 5.38 Å². The Morgan fingerprint density at radius 2 is 1.53 bits per heavy atom. The van der Waals surface area contributed by atoms with Crippen molar-refractivity contribution in [3.8, 4) is 11.4 Å². The van der Waals surface area contributed by atoms with Gasteiger partial charge in [0.2, 0.25) is 11.7 Å². The van der Waals surface area contributed by atoms with Crippen LogP contribution in [0.25, 0.3) is 11.4 Å². The van der Waals surface area contributed by atoms with Crippen LogP contribution in [0.4, 0.5) is 0 Å². The van der Waals surface area contributed by atoms with Gasteiger partial charge in [-0.1, -0.05) is 65.8 Å². The van der Waals surface area contributed by atoms with Crippen molar-refractivity contribution in [3.63, 3.8) is 0 Å². The Kier molecular flexibility index (Phi) is 3.29. The molecule has 3 rings (SSSR count). The molecule has 0 radical (unpaired) electrons. The molecule has 0 fully saturated rings. The number of benzene rings is 2. The first-order valence-electron chi connectivity index (χ1n) is 5.92. The molecule has 1 heterocycles. The van der Waals surface area contributed by atoms with E-state index in [0.29, 0.717) is 11.7 Å². The molecule has 0 aliphatic rings. The highest BCUT2D eigenvalue weighted by molar-refractivity contribution is 6.22. The Balaban J connectivity index is 1.90. The number of hydrogen-bond acceptors (Lipinski definition) is 3. The van der Waals surface area contributed by atoms with Crippen LogP contribution in [0.2, 0.25) is 0 Å². The quantitative estimate of drug-likeness (QED) is 0.674. The molecule has 19 heavy (non-hydrogen) atoms. The molecule has 0 saturated heterocycles. The third kappa shape index (κ3) is 2.51. The molecular weight excluding hydrogens is 260 g/mol. The fourth-order valence-electron chi connectivity index (χ4n) is 1.81. The van der Waals surface area contributed by atoms with Crippen molar-refractivity contribution in [1.82, 2.24) is 10.1 Å².